The van der Waals surface area contributed by atoms with Crippen LogP contribution in [0.2, 0.25) is 0 Å². The van der Waals surface area contributed by atoms with Crippen LogP contribution in [0.15, 0.2) is 53.5 Å². The molecule has 3 aromatic rings. The lowest BCUT2D eigenvalue weighted by Gasteiger charge is -2.36. The minimum Gasteiger partial charge on any atom is -0.495 e. The standard InChI is InChI=1S/C21H27N5O2/c1-28-19-9-3-2-8-18(19)24-16-14-23(15-17-24)11-6-7-13-26-21(27)25-12-5-4-10-20(25)22-26/h2-5,8-10,12H,6-7,11,13-17H2,1H3. The van der Waals surface area contributed by atoms with Gasteiger partial charge in [0.1, 0.15) is 5.75 Å². The molecule has 4 rings (SSSR count). The Labute approximate surface area is 164 Å². The second-order valence-corrected chi connectivity index (χ2v) is 7.14. The average Bonchev–Trinajstić information content (AvgIpc) is 3.07. The first kappa shape index (κ1) is 18.6. The molecule has 3 heterocycles. The number of nitrogens with zero attached hydrogens (tertiary/aromatic N) is 5. The Morgan fingerprint density at radius 3 is 2.50 bits per heavy atom. The van der Waals surface area contributed by atoms with Gasteiger partial charge in [0.05, 0.1) is 12.8 Å². The van der Waals surface area contributed by atoms with Crippen molar-refractivity contribution in [3.05, 3.63) is 59.1 Å². The topological polar surface area (TPSA) is 55.0 Å². The molecule has 0 N–H and O–H groups in total. The summed E-state index contributed by atoms with van der Waals surface area (Å²) in [5.74, 6) is 0.939. The van der Waals surface area contributed by atoms with E-state index in [1.54, 1.807) is 22.4 Å². The van der Waals surface area contributed by atoms with Crippen molar-refractivity contribution in [3.8, 4) is 5.75 Å². The normalized spacial score (nSPS) is 15.2. The Morgan fingerprint density at radius 1 is 0.964 bits per heavy atom. The van der Waals surface area contributed by atoms with Gasteiger partial charge in [-0.15, -0.1) is 5.10 Å². The molecule has 0 amide bonds. The molecule has 28 heavy (non-hydrogen) atoms. The van der Waals surface area contributed by atoms with Crippen LogP contribution in [0.4, 0.5) is 5.69 Å². The second-order valence-electron chi connectivity index (χ2n) is 7.14. The second kappa shape index (κ2) is 8.48. The predicted molar refractivity (Wildman–Crippen MR) is 110 cm³/mol. The van der Waals surface area contributed by atoms with Crippen molar-refractivity contribution in [2.24, 2.45) is 0 Å². The first-order chi connectivity index (χ1) is 13.8. The fourth-order valence-corrected chi connectivity index (χ4v) is 3.81. The molecule has 1 fully saturated rings. The summed E-state index contributed by atoms with van der Waals surface area (Å²) in [6, 6.07) is 13.8. The maximum Gasteiger partial charge on any atom is 0.350 e. The van der Waals surface area contributed by atoms with E-state index in [2.05, 4.69) is 27.0 Å². The molecule has 1 saturated heterocycles. The van der Waals surface area contributed by atoms with Crippen molar-refractivity contribution in [1.29, 1.82) is 0 Å². The summed E-state index contributed by atoms with van der Waals surface area (Å²) in [5.41, 5.74) is 1.83. The third-order valence-electron chi connectivity index (χ3n) is 5.38. The summed E-state index contributed by atoms with van der Waals surface area (Å²) in [7, 11) is 1.73. The highest BCUT2D eigenvalue weighted by Gasteiger charge is 2.19. The monoisotopic (exact) mass is 381 g/mol. The van der Waals surface area contributed by atoms with Crippen LogP contribution in [0.1, 0.15) is 12.8 Å². The third kappa shape index (κ3) is 3.89. The first-order valence-electron chi connectivity index (χ1n) is 9.91. The van der Waals surface area contributed by atoms with E-state index in [-0.39, 0.29) is 5.69 Å². The Hall–Kier alpha value is -2.80. The molecule has 1 aliphatic heterocycles. The lowest BCUT2D eigenvalue weighted by atomic mass is 10.2. The molecule has 2 aromatic heterocycles. The number of benzene rings is 1. The molecule has 1 aromatic carbocycles. The van der Waals surface area contributed by atoms with Crippen molar-refractivity contribution < 1.29 is 4.74 Å². The minimum absolute atomic E-state index is 0.0546. The summed E-state index contributed by atoms with van der Waals surface area (Å²) in [6.45, 7) is 5.83. The fraction of sp³-hybridized carbons (Fsp3) is 0.429. The first-order valence-corrected chi connectivity index (χ1v) is 9.91. The van der Waals surface area contributed by atoms with Gasteiger partial charge < -0.3 is 9.64 Å². The van der Waals surface area contributed by atoms with Crippen molar-refractivity contribution >= 4 is 11.3 Å². The van der Waals surface area contributed by atoms with Crippen molar-refractivity contribution in [2.75, 3.05) is 44.7 Å². The summed E-state index contributed by atoms with van der Waals surface area (Å²) in [5, 5.41) is 4.39. The van der Waals surface area contributed by atoms with E-state index in [1.807, 2.05) is 30.3 Å². The highest BCUT2D eigenvalue weighted by molar-refractivity contribution is 5.58. The predicted octanol–water partition coefficient (Wildman–Crippen LogP) is 2.11. The van der Waals surface area contributed by atoms with Crippen molar-refractivity contribution in [2.45, 2.75) is 19.4 Å². The van der Waals surface area contributed by atoms with Gasteiger partial charge >= 0.3 is 5.69 Å². The highest BCUT2D eigenvalue weighted by atomic mass is 16.5. The Balaban J connectivity index is 1.23. The van der Waals surface area contributed by atoms with E-state index in [0.717, 1.165) is 51.3 Å². The number of piperazine rings is 1. The highest BCUT2D eigenvalue weighted by Crippen LogP contribution is 2.28. The molecule has 7 nitrogen and oxygen atoms in total. The lowest BCUT2D eigenvalue weighted by molar-refractivity contribution is 0.250. The molecule has 0 radical (unpaired) electrons. The molecule has 0 atom stereocenters. The quantitative estimate of drug-likeness (QED) is 0.587. The molecule has 0 aliphatic carbocycles. The largest absolute Gasteiger partial charge is 0.495 e. The van der Waals surface area contributed by atoms with Crippen LogP contribution >= 0.6 is 0 Å². The van der Waals surface area contributed by atoms with E-state index in [9.17, 15) is 4.79 Å². The number of para-hydroxylation sites is 2. The molecule has 0 bridgehead atoms. The zero-order valence-corrected chi connectivity index (χ0v) is 16.3. The number of hydrogen-bond acceptors (Lipinski definition) is 5. The number of hydrogen-bond donors (Lipinski definition) is 0. The van der Waals surface area contributed by atoms with Gasteiger partial charge in [-0.25, -0.2) is 9.48 Å². The van der Waals surface area contributed by atoms with Crippen molar-refractivity contribution in [3.63, 3.8) is 0 Å². The smallest absolute Gasteiger partial charge is 0.350 e. The maximum atomic E-state index is 12.3. The van der Waals surface area contributed by atoms with Gasteiger partial charge in [0.15, 0.2) is 5.65 Å². The Bertz CT molecular complexity index is 972. The summed E-state index contributed by atoms with van der Waals surface area (Å²) in [6.07, 6.45) is 3.79. The number of pyridine rings is 1. The number of aryl methyl sites for hydroxylation is 1. The number of fused-ring (bicyclic) bond motifs is 1. The number of methoxy groups -OCH3 is 1. The van der Waals surface area contributed by atoms with Gasteiger partial charge in [0.2, 0.25) is 0 Å². The molecule has 1 aliphatic rings. The lowest BCUT2D eigenvalue weighted by Crippen LogP contribution is -2.46. The number of unbranched alkanes of at least 4 members (excludes halogenated alkanes) is 1. The van der Waals surface area contributed by atoms with E-state index in [4.69, 9.17) is 4.74 Å². The van der Waals surface area contributed by atoms with Gasteiger partial charge in [-0.2, -0.15) is 0 Å². The van der Waals surface area contributed by atoms with Crippen molar-refractivity contribution in [1.82, 2.24) is 19.1 Å². The van der Waals surface area contributed by atoms with E-state index in [0.29, 0.717) is 12.2 Å². The van der Waals surface area contributed by atoms with Crippen LogP contribution in [0.3, 0.4) is 0 Å². The Morgan fingerprint density at radius 2 is 1.71 bits per heavy atom. The fourth-order valence-electron chi connectivity index (χ4n) is 3.81. The summed E-state index contributed by atoms with van der Waals surface area (Å²) in [4.78, 5) is 17.2. The van der Waals surface area contributed by atoms with Gasteiger partial charge in [0.25, 0.3) is 0 Å². The van der Waals surface area contributed by atoms with Gasteiger partial charge in [-0.1, -0.05) is 18.2 Å². The Kier molecular flexibility index (Phi) is 5.62. The van der Waals surface area contributed by atoms with Crippen LogP contribution in [0.25, 0.3) is 5.65 Å². The molecular formula is C21H27N5O2. The molecule has 0 spiro atoms. The average molecular weight is 381 g/mol. The minimum atomic E-state index is -0.0546. The molecule has 0 saturated carbocycles. The maximum absolute atomic E-state index is 12.3. The molecule has 7 heteroatoms. The van der Waals surface area contributed by atoms with Crippen LogP contribution < -0.4 is 15.3 Å². The van der Waals surface area contributed by atoms with Crippen LogP contribution in [-0.4, -0.2) is 58.9 Å². The summed E-state index contributed by atoms with van der Waals surface area (Å²) < 4.78 is 8.66. The van der Waals surface area contributed by atoms with Crippen LogP contribution in [0.5, 0.6) is 5.75 Å². The number of anilines is 1. The van der Waals surface area contributed by atoms with E-state index < -0.39 is 0 Å². The van der Waals surface area contributed by atoms with Gasteiger partial charge in [-0.05, 0) is 43.7 Å². The molecule has 148 valence electrons. The molecule has 0 unspecified atom stereocenters. The zero-order valence-electron chi connectivity index (χ0n) is 16.3. The molecular weight excluding hydrogens is 354 g/mol. The van der Waals surface area contributed by atoms with E-state index >= 15 is 0 Å². The van der Waals surface area contributed by atoms with Gasteiger partial charge in [-0.3, -0.25) is 9.30 Å². The van der Waals surface area contributed by atoms with Crippen LogP contribution in [-0.2, 0) is 6.54 Å². The SMILES string of the molecule is COc1ccccc1N1CCN(CCCCn2nc3ccccn3c2=O)CC1. The number of rotatable bonds is 7. The summed E-state index contributed by atoms with van der Waals surface area (Å²) >= 11 is 0. The third-order valence-corrected chi connectivity index (χ3v) is 5.38. The zero-order chi connectivity index (χ0) is 19.3. The van der Waals surface area contributed by atoms with Crippen LogP contribution in [0, 0.1) is 0 Å². The number of aromatic nitrogens is 3. The number of ether oxygens (including phenoxy) is 1. The van der Waals surface area contributed by atoms with Gasteiger partial charge in [0, 0.05) is 38.9 Å². The van der Waals surface area contributed by atoms with E-state index in [1.165, 1.54) is 5.69 Å².